The minimum absolute atomic E-state index is 0. The number of nitrogens with one attached hydrogen (secondary N) is 2. The van der Waals surface area contributed by atoms with Gasteiger partial charge in [0.05, 0.1) is 28.0 Å². The number of likely N-dealkylation sites (N-methyl/N-ethyl adjacent to an activating group) is 1. The highest BCUT2D eigenvalue weighted by Crippen LogP contribution is 2.37. The molecule has 0 radical (unpaired) electrons. The molecule has 236 valence electrons. The van der Waals surface area contributed by atoms with E-state index in [2.05, 4.69) is 15.6 Å². The lowest BCUT2D eigenvalue weighted by molar-refractivity contribution is -0.111. The van der Waals surface area contributed by atoms with Crippen LogP contribution in [-0.4, -0.2) is 81.0 Å². The van der Waals surface area contributed by atoms with Gasteiger partial charge in [-0.15, -0.1) is 0 Å². The summed E-state index contributed by atoms with van der Waals surface area (Å²) in [6.45, 7) is 1.77. The molecule has 2 N–H and O–H groups in total. The maximum Gasteiger partial charge on any atom is 0.253 e. The SMILES string of the molecule is CN(C)C/C=C/C(=O)Nc1ccc(C(=O)N2CC[C@H](Nc3ncc(Cl)c(-c4c(-c5ccccc5)nn5ccccc45)n3)C2)cc1.S. The first-order chi connectivity index (χ1) is 21.9. The number of pyridine rings is 1. The predicted octanol–water partition coefficient (Wildman–Crippen LogP) is 5.61. The number of rotatable bonds is 9. The van der Waals surface area contributed by atoms with Gasteiger partial charge in [-0.2, -0.15) is 18.6 Å². The zero-order valence-corrected chi connectivity index (χ0v) is 27.3. The number of carbonyl (C=O) groups is 2. The van der Waals surface area contributed by atoms with E-state index >= 15 is 0 Å². The van der Waals surface area contributed by atoms with Gasteiger partial charge in [0.2, 0.25) is 11.9 Å². The third-order valence-corrected chi connectivity index (χ3v) is 7.79. The van der Waals surface area contributed by atoms with Crippen molar-refractivity contribution in [1.82, 2.24) is 29.4 Å². The van der Waals surface area contributed by atoms with E-state index < -0.39 is 0 Å². The van der Waals surface area contributed by atoms with Crippen LogP contribution in [0, 0.1) is 0 Å². The molecule has 0 spiro atoms. The van der Waals surface area contributed by atoms with Gasteiger partial charge < -0.3 is 20.4 Å². The third kappa shape index (κ3) is 7.39. The molecule has 10 nitrogen and oxygen atoms in total. The summed E-state index contributed by atoms with van der Waals surface area (Å²) in [6, 6.07) is 22.7. The van der Waals surface area contributed by atoms with Crippen LogP contribution in [0.5, 0.6) is 0 Å². The van der Waals surface area contributed by atoms with E-state index in [-0.39, 0.29) is 31.4 Å². The van der Waals surface area contributed by atoms with Crippen molar-refractivity contribution >= 4 is 54.1 Å². The molecule has 1 saturated heterocycles. The van der Waals surface area contributed by atoms with Crippen molar-refractivity contribution in [2.24, 2.45) is 0 Å². The van der Waals surface area contributed by atoms with E-state index in [9.17, 15) is 9.59 Å². The maximum absolute atomic E-state index is 13.3. The van der Waals surface area contributed by atoms with Crippen LogP contribution in [0.25, 0.3) is 28.0 Å². The second kappa shape index (κ2) is 14.6. The Hall–Kier alpha value is -4.71. The largest absolute Gasteiger partial charge is 0.350 e. The lowest BCUT2D eigenvalue weighted by Crippen LogP contribution is -2.31. The summed E-state index contributed by atoms with van der Waals surface area (Å²) >= 11 is 6.70. The second-order valence-corrected chi connectivity index (χ2v) is 11.5. The van der Waals surface area contributed by atoms with Crippen LogP contribution >= 0.6 is 25.1 Å². The van der Waals surface area contributed by atoms with Gasteiger partial charge in [0.1, 0.15) is 5.69 Å². The van der Waals surface area contributed by atoms with Gasteiger partial charge >= 0.3 is 0 Å². The van der Waals surface area contributed by atoms with Crippen molar-refractivity contribution in [2.75, 3.05) is 44.4 Å². The molecular formula is C34H35ClN8O2S. The molecule has 4 heterocycles. The number of anilines is 2. The Bertz CT molecular complexity index is 1860. The Morgan fingerprint density at radius 2 is 1.78 bits per heavy atom. The number of benzene rings is 2. The number of carbonyl (C=O) groups excluding carboxylic acids is 2. The topological polar surface area (TPSA) is 108 Å². The van der Waals surface area contributed by atoms with E-state index in [0.29, 0.717) is 47.6 Å². The first-order valence-corrected chi connectivity index (χ1v) is 15.1. The number of hydrogen-bond donors (Lipinski definition) is 2. The summed E-state index contributed by atoms with van der Waals surface area (Å²) in [5.74, 6) is 0.150. The Morgan fingerprint density at radius 3 is 2.54 bits per heavy atom. The molecular weight excluding hydrogens is 620 g/mol. The average Bonchev–Trinajstić information content (AvgIpc) is 3.67. The summed E-state index contributed by atoms with van der Waals surface area (Å²) < 4.78 is 1.83. The summed E-state index contributed by atoms with van der Waals surface area (Å²) in [6.07, 6.45) is 7.54. The Balaban J connectivity index is 0.00000417. The van der Waals surface area contributed by atoms with Gasteiger partial charge in [-0.3, -0.25) is 9.59 Å². The number of fused-ring (bicyclic) bond motifs is 1. The zero-order chi connectivity index (χ0) is 31.3. The lowest BCUT2D eigenvalue weighted by Gasteiger charge is -2.18. The van der Waals surface area contributed by atoms with E-state index in [0.717, 1.165) is 28.8 Å². The summed E-state index contributed by atoms with van der Waals surface area (Å²) in [4.78, 5) is 38.5. The monoisotopic (exact) mass is 654 g/mol. The van der Waals surface area contributed by atoms with Crippen LogP contribution in [0.3, 0.4) is 0 Å². The number of aromatic nitrogens is 4. The van der Waals surface area contributed by atoms with E-state index in [1.165, 1.54) is 6.08 Å². The second-order valence-electron chi connectivity index (χ2n) is 11.1. The number of amides is 2. The fourth-order valence-corrected chi connectivity index (χ4v) is 5.51. The van der Waals surface area contributed by atoms with Crippen molar-refractivity contribution in [3.63, 3.8) is 0 Å². The van der Waals surface area contributed by atoms with E-state index in [1.807, 2.05) is 83.1 Å². The highest BCUT2D eigenvalue weighted by atomic mass is 35.5. The summed E-state index contributed by atoms with van der Waals surface area (Å²) in [7, 11) is 3.87. The average molecular weight is 655 g/mol. The molecule has 1 atom stereocenters. The smallest absolute Gasteiger partial charge is 0.253 e. The molecule has 12 heteroatoms. The molecule has 0 unspecified atom stereocenters. The number of nitrogens with zero attached hydrogens (tertiary/aromatic N) is 6. The quantitative estimate of drug-likeness (QED) is 0.199. The molecule has 1 fully saturated rings. The molecule has 0 aliphatic carbocycles. The minimum Gasteiger partial charge on any atom is -0.350 e. The van der Waals surface area contributed by atoms with Crippen molar-refractivity contribution < 1.29 is 9.59 Å². The molecule has 3 aromatic heterocycles. The maximum atomic E-state index is 13.3. The van der Waals surface area contributed by atoms with Crippen molar-refractivity contribution in [3.8, 4) is 22.5 Å². The standard InChI is InChI=1S/C34H33ClN8O2.H2S/c1-41(2)18-8-12-29(44)37-25-15-13-24(14-16-25)33(45)42-20-17-26(22-42)38-34-36-21-27(35)32(39-34)30-28-11-6-7-19-43(28)40-31(30)23-9-4-3-5-10-23;/h3-16,19,21,26H,17-18,20,22H2,1-2H3,(H,37,44)(H,36,38,39);1H2/b12-8+;/t26-;/m0./s1. The summed E-state index contributed by atoms with van der Waals surface area (Å²) in [5, 5.41) is 11.5. The van der Waals surface area contributed by atoms with Gasteiger partial charge in [0.25, 0.3) is 5.91 Å². The molecule has 6 rings (SSSR count). The number of hydrogen-bond acceptors (Lipinski definition) is 7. The van der Waals surface area contributed by atoms with Crippen molar-refractivity contribution in [1.29, 1.82) is 0 Å². The van der Waals surface area contributed by atoms with Gasteiger partial charge in [-0.25, -0.2) is 14.5 Å². The Labute approximate surface area is 279 Å². The zero-order valence-electron chi connectivity index (χ0n) is 25.5. The van der Waals surface area contributed by atoms with Crippen LogP contribution in [0.2, 0.25) is 5.02 Å². The first-order valence-electron chi connectivity index (χ1n) is 14.7. The van der Waals surface area contributed by atoms with E-state index in [4.69, 9.17) is 21.7 Å². The van der Waals surface area contributed by atoms with Gasteiger partial charge in [0.15, 0.2) is 0 Å². The van der Waals surface area contributed by atoms with Gasteiger partial charge in [-0.05, 0) is 56.9 Å². The van der Waals surface area contributed by atoms with Crippen molar-refractivity contribution in [2.45, 2.75) is 12.5 Å². The highest BCUT2D eigenvalue weighted by molar-refractivity contribution is 7.59. The van der Waals surface area contributed by atoms with Crippen LogP contribution in [-0.2, 0) is 4.79 Å². The van der Waals surface area contributed by atoms with Crippen molar-refractivity contribution in [3.05, 3.63) is 108 Å². The fourth-order valence-electron chi connectivity index (χ4n) is 5.32. The molecule has 0 saturated carbocycles. The minimum atomic E-state index is -0.213. The third-order valence-electron chi connectivity index (χ3n) is 7.52. The Morgan fingerprint density at radius 1 is 1.02 bits per heavy atom. The van der Waals surface area contributed by atoms with E-state index in [1.54, 1.807) is 36.5 Å². The molecule has 2 aromatic carbocycles. The number of halogens is 1. The number of likely N-dealkylation sites (tertiary alicyclic amines) is 1. The molecule has 0 bridgehead atoms. The molecule has 1 aliphatic heterocycles. The predicted molar refractivity (Wildman–Crippen MR) is 188 cm³/mol. The molecule has 46 heavy (non-hydrogen) atoms. The molecule has 2 amide bonds. The first kappa shape index (κ1) is 32.7. The Kier molecular flexibility index (Phi) is 10.4. The molecule has 1 aliphatic rings. The van der Waals surface area contributed by atoms with Crippen LogP contribution in [0.15, 0.2) is 97.3 Å². The van der Waals surface area contributed by atoms with Gasteiger partial charge in [0, 0.05) is 54.8 Å². The normalized spacial score (nSPS) is 14.5. The molecule has 5 aromatic rings. The van der Waals surface area contributed by atoms with Gasteiger partial charge in [-0.1, -0.05) is 54.1 Å². The lowest BCUT2D eigenvalue weighted by atomic mass is 10.0. The van der Waals surface area contributed by atoms with Crippen LogP contribution in [0.1, 0.15) is 16.8 Å². The fraction of sp³-hybridized carbons (Fsp3) is 0.206. The van der Waals surface area contributed by atoms with Crippen LogP contribution in [0.4, 0.5) is 11.6 Å². The summed E-state index contributed by atoms with van der Waals surface area (Å²) in [5.41, 5.74) is 5.21. The highest BCUT2D eigenvalue weighted by Gasteiger charge is 2.28. The van der Waals surface area contributed by atoms with Crippen LogP contribution < -0.4 is 10.6 Å².